The van der Waals surface area contributed by atoms with Crippen molar-refractivity contribution in [3.63, 3.8) is 0 Å². The van der Waals surface area contributed by atoms with E-state index >= 15 is 0 Å². The van der Waals surface area contributed by atoms with E-state index in [4.69, 9.17) is 5.11 Å². The van der Waals surface area contributed by atoms with E-state index in [-0.39, 0.29) is 6.54 Å². The highest BCUT2D eigenvalue weighted by Crippen LogP contribution is 2.09. The first kappa shape index (κ1) is 12.4. The van der Waals surface area contributed by atoms with Gasteiger partial charge in [-0.2, -0.15) is 0 Å². The topological polar surface area (TPSA) is 64.0 Å². The van der Waals surface area contributed by atoms with Crippen molar-refractivity contribution in [1.29, 1.82) is 0 Å². The van der Waals surface area contributed by atoms with E-state index in [2.05, 4.69) is 18.9 Å². The summed E-state index contributed by atoms with van der Waals surface area (Å²) in [5.41, 5.74) is 0. The number of hydrogen-bond donors (Lipinski definition) is 2. The van der Waals surface area contributed by atoms with Crippen molar-refractivity contribution in [3.8, 4) is 0 Å². The van der Waals surface area contributed by atoms with Gasteiger partial charge in [0.05, 0.1) is 0 Å². The van der Waals surface area contributed by atoms with Crippen molar-refractivity contribution >= 4 is 5.97 Å². The molecule has 0 aromatic rings. The lowest BCUT2D eigenvalue weighted by Gasteiger charge is -2.28. The molecule has 1 rings (SSSR count). The van der Waals surface area contributed by atoms with Gasteiger partial charge in [-0.1, -0.05) is 0 Å². The zero-order valence-corrected chi connectivity index (χ0v) is 9.39. The molecule has 1 saturated heterocycles. The molecule has 1 fully saturated rings. The standard InChI is InChI=1S/C10H20N2O3/c1-8-6-11(2)4-3-5-12(8)7-9(13)10(14)15/h8-9,13H,3-7H2,1-2H3,(H,14,15). The van der Waals surface area contributed by atoms with Crippen molar-refractivity contribution in [1.82, 2.24) is 9.80 Å². The normalized spacial score (nSPS) is 27.3. The Morgan fingerprint density at radius 2 is 2.20 bits per heavy atom. The van der Waals surface area contributed by atoms with E-state index in [9.17, 15) is 9.90 Å². The average Bonchev–Trinajstić information content (AvgIpc) is 2.28. The molecule has 0 bridgehead atoms. The van der Waals surface area contributed by atoms with Gasteiger partial charge in [0.2, 0.25) is 0 Å². The molecular weight excluding hydrogens is 196 g/mol. The highest BCUT2D eigenvalue weighted by atomic mass is 16.4. The van der Waals surface area contributed by atoms with Crippen LogP contribution in [0, 0.1) is 0 Å². The molecule has 1 aliphatic heterocycles. The highest BCUT2D eigenvalue weighted by molar-refractivity contribution is 5.72. The molecule has 5 heteroatoms. The monoisotopic (exact) mass is 216 g/mol. The third-order valence-electron chi connectivity index (χ3n) is 2.88. The minimum Gasteiger partial charge on any atom is -0.479 e. The Labute approximate surface area is 90.3 Å². The van der Waals surface area contributed by atoms with Gasteiger partial charge in [0, 0.05) is 19.1 Å². The van der Waals surface area contributed by atoms with E-state index in [0.29, 0.717) is 6.04 Å². The van der Waals surface area contributed by atoms with Crippen LogP contribution < -0.4 is 0 Å². The van der Waals surface area contributed by atoms with Crippen LogP contribution in [0.4, 0.5) is 0 Å². The van der Waals surface area contributed by atoms with Crippen LogP contribution in [-0.4, -0.2) is 71.4 Å². The summed E-state index contributed by atoms with van der Waals surface area (Å²) in [7, 11) is 2.06. The zero-order chi connectivity index (χ0) is 11.4. The number of carbonyl (C=O) groups is 1. The summed E-state index contributed by atoms with van der Waals surface area (Å²) in [6.07, 6.45) is -0.247. The second-order valence-electron chi connectivity index (χ2n) is 4.31. The van der Waals surface area contributed by atoms with Gasteiger partial charge in [0.1, 0.15) is 0 Å². The van der Waals surface area contributed by atoms with Crippen LogP contribution in [0.15, 0.2) is 0 Å². The van der Waals surface area contributed by atoms with Crippen LogP contribution >= 0.6 is 0 Å². The molecule has 2 atom stereocenters. The molecular formula is C10H20N2O3. The van der Waals surface area contributed by atoms with E-state index < -0.39 is 12.1 Å². The molecule has 1 aliphatic rings. The van der Waals surface area contributed by atoms with Crippen LogP contribution in [-0.2, 0) is 4.79 Å². The quantitative estimate of drug-likeness (QED) is 0.663. The Morgan fingerprint density at radius 1 is 1.53 bits per heavy atom. The van der Waals surface area contributed by atoms with Gasteiger partial charge < -0.3 is 15.1 Å². The van der Waals surface area contributed by atoms with Crippen LogP contribution in [0.25, 0.3) is 0 Å². The summed E-state index contributed by atoms with van der Waals surface area (Å²) < 4.78 is 0. The molecule has 0 aromatic carbocycles. The van der Waals surface area contributed by atoms with Crippen LogP contribution in [0.3, 0.4) is 0 Å². The lowest BCUT2D eigenvalue weighted by atomic mass is 10.2. The minimum atomic E-state index is -1.27. The molecule has 0 saturated carbocycles. The Balaban J connectivity index is 2.49. The van der Waals surface area contributed by atoms with Gasteiger partial charge in [-0.05, 0) is 33.5 Å². The number of rotatable bonds is 3. The fourth-order valence-corrected chi connectivity index (χ4v) is 1.99. The molecule has 1 heterocycles. The maximum atomic E-state index is 10.5. The number of β-amino-alcohol motifs (C(OH)–C–C–N with tert-alkyl or cyclic N) is 1. The predicted octanol–water partition coefficient (Wildman–Crippen LogP) is -0.542. The maximum Gasteiger partial charge on any atom is 0.333 e. The summed E-state index contributed by atoms with van der Waals surface area (Å²) >= 11 is 0. The minimum absolute atomic E-state index is 0.227. The fourth-order valence-electron chi connectivity index (χ4n) is 1.99. The molecule has 0 amide bonds. The van der Waals surface area contributed by atoms with E-state index in [1.54, 1.807) is 0 Å². The number of aliphatic hydroxyl groups excluding tert-OH is 1. The fraction of sp³-hybridized carbons (Fsp3) is 0.900. The number of likely N-dealkylation sites (N-methyl/N-ethyl adjacent to an activating group) is 1. The van der Waals surface area contributed by atoms with Crippen LogP contribution in [0.2, 0.25) is 0 Å². The van der Waals surface area contributed by atoms with Gasteiger partial charge in [-0.15, -0.1) is 0 Å². The molecule has 88 valence electrons. The SMILES string of the molecule is CC1CN(C)CCCN1CC(O)C(=O)O. The molecule has 0 spiro atoms. The largest absolute Gasteiger partial charge is 0.479 e. The lowest BCUT2D eigenvalue weighted by molar-refractivity contribution is -0.147. The second-order valence-corrected chi connectivity index (χ2v) is 4.31. The van der Waals surface area contributed by atoms with Crippen molar-refractivity contribution in [2.45, 2.75) is 25.5 Å². The number of carboxylic acid groups (broad SMARTS) is 1. The molecule has 2 N–H and O–H groups in total. The number of carboxylic acids is 1. The van der Waals surface area contributed by atoms with Gasteiger partial charge >= 0.3 is 5.97 Å². The smallest absolute Gasteiger partial charge is 0.333 e. The first-order valence-electron chi connectivity index (χ1n) is 5.34. The first-order valence-corrected chi connectivity index (χ1v) is 5.34. The Bertz CT molecular complexity index is 223. The Hall–Kier alpha value is -0.650. The summed E-state index contributed by atoms with van der Waals surface area (Å²) in [4.78, 5) is 14.8. The predicted molar refractivity (Wildman–Crippen MR) is 56.8 cm³/mol. The third kappa shape index (κ3) is 3.77. The maximum absolute atomic E-state index is 10.5. The Morgan fingerprint density at radius 3 is 2.80 bits per heavy atom. The molecule has 0 aromatic heterocycles. The number of aliphatic hydroxyl groups is 1. The Kier molecular flexibility index (Phi) is 4.50. The van der Waals surface area contributed by atoms with Gasteiger partial charge in [0.25, 0.3) is 0 Å². The first-order chi connectivity index (χ1) is 7.00. The molecule has 15 heavy (non-hydrogen) atoms. The molecule has 0 aliphatic carbocycles. The van der Waals surface area contributed by atoms with E-state index in [1.807, 2.05) is 4.90 Å². The summed E-state index contributed by atoms with van der Waals surface area (Å²) in [5.74, 6) is -1.14. The van der Waals surface area contributed by atoms with Gasteiger partial charge in [-0.25, -0.2) is 4.79 Å². The van der Waals surface area contributed by atoms with Gasteiger partial charge in [-0.3, -0.25) is 4.90 Å². The summed E-state index contributed by atoms with van der Waals surface area (Å²) in [6.45, 7) is 5.10. The highest BCUT2D eigenvalue weighted by Gasteiger charge is 2.24. The molecule has 5 nitrogen and oxygen atoms in total. The third-order valence-corrected chi connectivity index (χ3v) is 2.88. The molecule has 2 unspecified atom stereocenters. The van der Waals surface area contributed by atoms with Gasteiger partial charge in [0.15, 0.2) is 6.10 Å². The van der Waals surface area contributed by atoms with Crippen molar-refractivity contribution in [2.75, 3.05) is 33.2 Å². The summed E-state index contributed by atoms with van der Waals surface area (Å²) in [5, 5.41) is 17.9. The average molecular weight is 216 g/mol. The van der Waals surface area contributed by atoms with E-state index in [1.165, 1.54) is 0 Å². The molecule has 0 radical (unpaired) electrons. The summed E-state index contributed by atoms with van der Waals surface area (Å²) in [6, 6.07) is 0.298. The van der Waals surface area contributed by atoms with Crippen molar-refractivity contribution < 1.29 is 15.0 Å². The van der Waals surface area contributed by atoms with E-state index in [0.717, 1.165) is 26.1 Å². The number of aliphatic carboxylic acids is 1. The lowest BCUT2D eigenvalue weighted by Crippen LogP contribution is -2.44. The van der Waals surface area contributed by atoms with Crippen LogP contribution in [0.5, 0.6) is 0 Å². The van der Waals surface area contributed by atoms with Crippen molar-refractivity contribution in [2.24, 2.45) is 0 Å². The van der Waals surface area contributed by atoms with Crippen molar-refractivity contribution in [3.05, 3.63) is 0 Å². The number of nitrogens with zero attached hydrogens (tertiary/aromatic N) is 2. The van der Waals surface area contributed by atoms with Crippen LogP contribution in [0.1, 0.15) is 13.3 Å². The zero-order valence-electron chi connectivity index (χ0n) is 9.39. The number of hydrogen-bond acceptors (Lipinski definition) is 4. The second kappa shape index (κ2) is 5.44.